The van der Waals surface area contributed by atoms with Crippen molar-refractivity contribution in [1.29, 1.82) is 0 Å². The zero-order valence-electron chi connectivity index (χ0n) is 63.6. The van der Waals surface area contributed by atoms with Gasteiger partial charge in [-0.25, -0.2) is 0 Å². The van der Waals surface area contributed by atoms with Crippen LogP contribution in [0.4, 0.5) is 0 Å². The molecular weight excluding hydrogens is 1240 g/mol. The van der Waals surface area contributed by atoms with Gasteiger partial charge in [0.25, 0.3) is 0 Å². The molecule has 0 fully saturated rings. The molecule has 0 spiro atoms. The zero-order chi connectivity index (χ0) is 72.2. The number of unbranched alkanes of at least 4 members (excludes halogenated alkanes) is 1. The molecule has 0 aromatic carbocycles. The van der Waals surface area contributed by atoms with Crippen LogP contribution in [0.25, 0.3) is 0 Å². The van der Waals surface area contributed by atoms with Crippen LogP contribution in [0.15, 0.2) is 0 Å². The fourth-order valence-electron chi connectivity index (χ4n) is 13.6. The van der Waals surface area contributed by atoms with E-state index < -0.39 is 0 Å². The minimum absolute atomic E-state index is 0.632. The van der Waals surface area contributed by atoms with Crippen LogP contribution in [0.1, 0.15) is 64.2 Å². The molecule has 0 aliphatic rings. The van der Waals surface area contributed by atoms with Crippen LogP contribution in [-0.4, -0.2) is 448 Å². The molecule has 0 amide bonds. The highest BCUT2D eigenvalue weighted by molar-refractivity contribution is 4.76. The lowest BCUT2D eigenvalue weighted by Crippen LogP contribution is -2.44. The van der Waals surface area contributed by atoms with Crippen molar-refractivity contribution in [2.24, 2.45) is 91.7 Å². The van der Waals surface area contributed by atoms with Crippen molar-refractivity contribution in [1.82, 2.24) is 68.6 Å². The Balaban J connectivity index is 7.49. The lowest BCUT2D eigenvalue weighted by atomic mass is 10.2. The van der Waals surface area contributed by atoms with E-state index in [1.165, 1.54) is 0 Å². The molecule has 0 saturated heterocycles. The molecule has 0 aliphatic carbocycles. The molecule has 0 aliphatic heterocycles. The average molecular weight is 1410 g/mol. The third-order valence-electron chi connectivity index (χ3n) is 18.8. The van der Waals surface area contributed by atoms with Crippen molar-refractivity contribution >= 4 is 0 Å². The fourth-order valence-corrected chi connectivity index (χ4v) is 13.6. The van der Waals surface area contributed by atoms with Gasteiger partial charge >= 0.3 is 0 Å². The SMILES string of the molecule is NCCN(CCN)CCCN(CCCN(CCN)CCN)CCN(CCCCN(CCN(CCCN(CCN)CCN)CCCN(CCN)CCN)CCN(CCCN(CCN)CCN)CCCN(CCN)CCN)CCN(CCCN(CCN)CCN)CCCN(CCN)CCN. The predicted octanol–water partition coefficient (Wildman–Crippen LogP) is -7.55. The van der Waals surface area contributed by atoms with Crippen LogP contribution in [-0.2, 0) is 0 Å². The number of nitrogens with zero attached hydrogens (tertiary/aromatic N) is 14. The Bertz CT molecular complexity index is 1230. The summed E-state index contributed by atoms with van der Waals surface area (Å²) < 4.78 is 0. The van der Waals surface area contributed by atoms with Gasteiger partial charge in [0, 0.05) is 262 Å². The van der Waals surface area contributed by atoms with Crippen LogP contribution in [0, 0.1) is 0 Å². The third-order valence-corrected chi connectivity index (χ3v) is 18.8. The second-order valence-electron chi connectivity index (χ2n) is 26.9. The molecule has 0 aromatic rings. The van der Waals surface area contributed by atoms with Gasteiger partial charge in [-0.15, -0.1) is 0 Å². The van der Waals surface area contributed by atoms with Gasteiger partial charge in [0.05, 0.1) is 0 Å². The first kappa shape index (κ1) is 96.8. The van der Waals surface area contributed by atoms with Gasteiger partial charge in [-0.3, -0.25) is 0 Å². The topological polar surface area (TPSA) is 462 Å². The molecule has 0 atom stereocenters. The normalized spacial score (nSPS) is 12.7. The monoisotopic (exact) mass is 1410 g/mol. The minimum atomic E-state index is 0.632. The van der Waals surface area contributed by atoms with E-state index >= 15 is 0 Å². The molecule has 32 N–H and O–H groups in total. The largest absolute Gasteiger partial charge is 0.329 e. The van der Waals surface area contributed by atoms with Crippen molar-refractivity contribution in [3.8, 4) is 0 Å². The quantitative estimate of drug-likeness (QED) is 0.0252. The van der Waals surface area contributed by atoms with Crippen molar-refractivity contribution in [3.63, 3.8) is 0 Å². The van der Waals surface area contributed by atoms with Gasteiger partial charge in [0.15, 0.2) is 0 Å². The first-order valence-corrected chi connectivity index (χ1v) is 39.3. The van der Waals surface area contributed by atoms with Gasteiger partial charge in [-0.05, 0) is 182 Å². The Hall–Kier alpha value is -1.20. The van der Waals surface area contributed by atoms with Crippen molar-refractivity contribution < 1.29 is 0 Å². The van der Waals surface area contributed by atoms with E-state index in [1.54, 1.807) is 0 Å². The highest BCUT2D eigenvalue weighted by atomic mass is 15.3. The predicted molar refractivity (Wildman–Crippen MR) is 421 cm³/mol. The molecule has 0 saturated carbocycles. The van der Waals surface area contributed by atoms with Crippen molar-refractivity contribution in [2.75, 3.05) is 380 Å². The van der Waals surface area contributed by atoms with E-state index in [4.69, 9.17) is 91.7 Å². The molecule has 98 heavy (non-hydrogen) atoms. The first-order chi connectivity index (χ1) is 48.0. The summed E-state index contributed by atoms with van der Waals surface area (Å²) in [4.78, 5) is 35.8. The molecule has 30 heteroatoms. The molecule has 0 unspecified atom stereocenters. The summed E-state index contributed by atoms with van der Waals surface area (Å²) in [5.74, 6) is 0. The number of rotatable bonds is 81. The maximum absolute atomic E-state index is 6.09. The van der Waals surface area contributed by atoms with Crippen LogP contribution < -0.4 is 91.7 Å². The summed E-state index contributed by atoms with van der Waals surface area (Å²) in [5, 5.41) is 0. The summed E-state index contributed by atoms with van der Waals surface area (Å²) in [6.45, 7) is 50.0. The number of hydrogen-bond acceptors (Lipinski definition) is 30. The Morgan fingerprint density at radius 1 is 0.0816 bits per heavy atom. The molecule has 0 heterocycles. The van der Waals surface area contributed by atoms with Crippen LogP contribution >= 0.6 is 0 Å². The summed E-state index contributed by atoms with van der Waals surface area (Å²) in [6.07, 6.45) is 10.7. The Kier molecular flexibility index (Phi) is 71.8. The minimum Gasteiger partial charge on any atom is -0.329 e. The smallest absolute Gasteiger partial charge is 0.0110 e. The van der Waals surface area contributed by atoms with Gasteiger partial charge in [0.1, 0.15) is 0 Å². The second-order valence-corrected chi connectivity index (χ2v) is 26.9. The molecule has 30 nitrogen and oxygen atoms in total. The molecule has 0 radical (unpaired) electrons. The molecule has 0 bridgehead atoms. The Labute approximate surface area is 601 Å². The fraction of sp³-hybridized carbons (Fsp3) is 1.00. The molecule has 0 rings (SSSR count). The van der Waals surface area contributed by atoms with Crippen molar-refractivity contribution in [3.05, 3.63) is 0 Å². The molecule has 0 aromatic heterocycles. The maximum atomic E-state index is 6.09. The second kappa shape index (κ2) is 72.7. The van der Waals surface area contributed by atoms with E-state index in [0.29, 0.717) is 105 Å². The Morgan fingerprint density at radius 2 is 0.153 bits per heavy atom. The lowest BCUT2D eigenvalue weighted by molar-refractivity contribution is 0.147. The van der Waals surface area contributed by atoms with Gasteiger partial charge in [0.2, 0.25) is 0 Å². The van der Waals surface area contributed by atoms with Crippen LogP contribution in [0.5, 0.6) is 0 Å². The highest BCUT2D eigenvalue weighted by Crippen LogP contribution is 2.10. The van der Waals surface area contributed by atoms with E-state index in [-0.39, 0.29) is 0 Å². The number of hydrogen-bond donors (Lipinski definition) is 16. The zero-order valence-corrected chi connectivity index (χ0v) is 63.6. The average Bonchev–Trinajstić information content (AvgIpc) is 2.96. The summed E-state index contributed by atoms with van der Waals surface area (Å²) in [6, 6.07) is 0. The van der Waals surface area contributed by atoms with E-state index in [1.807, 2.05) is 0 Å². The summed E-state index contributed by atoms with van der Waals surface area (Å²) >= 11 is 0. The molecular formula is C68H168N30. The third kappa shape index (κ3) is 56.2. The highest BCUT2D eigenvalue weighted by Gasteiger charge is 2.19. The Morgan fingerprint density at radius 3 is 0.245 bits per heavy atom. The lowest BCUT2D eigenvalue weighted by Gasteiger charge is -2.33. The first-order valence-electron chi connectivity index (χ1n) is 39.3. The van der Waals surface area contributed by atoms with E-state index in [2.05, 4.69) is 68.6 Å². The summed E-state index contributed by atoms with van der Waals surface area (Å²) in [5.41, 5.74) is 97.5. The standard InChI is InChI=1S/C68H168N30/c69-11-45-89(46-12-70)37-3-29-85(30-4-38-90(47-13-71)48-14-72)61-65-97(66-62-86(31-5-39-91(49-15-73)50-16-74)32-6-40-92(51-17-75)52-18-76)27-1-2-28-98(67-63-87(33-7-41-93(53-19-77)54-20-78)34-8-42-94(55-21-79)56-22-80)68-64-88(35-9-43-95(57-23-81)58-24-82)36-10-44-96(59-25-83)60-26-84/h1-84H2. The summed E-state index contributed by atoms with van der Waals surface area (Å²) in [7, 11) is 0. The van der Waals surface area contributed by atoms with Crippen molar-refractivity contribution in [2.45, 2.75) is 64.2 Å². The van der Waals surface area contributed by atoms with Gasteiger partial charge in [-0.1, -0.05) is 0 Å². The van der Waals surface area contributed by atoms with Gasteiger partial charge < -0.3 is 160 Å². The van der Waals surface area contributed by atoms with E-state index in [0.717, 1.165) is 339 Å². The number of nitrogens with two attached hydrogens (primary N) is 16. The molecule has 590 valence electrons. The van der Waals surface area contributed by atoms with Gasteiger partial charge in [-0.2, -0.15) is 0 Å². The van der Waals surface area contributed by atoms with Crippen LogP contribution in [0.3, 0.4) is 0 Å². The maximum Gasteiger partial charge on any atom is 0.0110 e. The van der Waals surface area contributed by atoms with Crippen LogP contribution in [0.2, 0.25) is 0 Å². The van der Waals surface area contributed by atoms with E-state index in [9.17, 15) is 0 Å².